The van der Waals surface area contributed by atoms with Crippen LogP contribution in [0.3, 0.4) is 0 Å². The number of ketones is 1. The molecular formula is C24H19IN2O6S. The molecule has 3 aromatic rings. The van der Waals surface area contributed by atoms with Crippen molar-refractivity contribution in [3.8, 4) is 5.75 Å². The third-order valence-corrected chi connectivity index (χ3v) is 7.19. The van der Waals surface area contributed by atoms with Gasteiger partial charge in [-0.15, -0.1) is 0 Å². The Morgan fingerprint density at radius 3 is 2.50 bits per heavy atom. The Labute approximate surface area is 213 Å². The van der Waals surface area contributed by atoms with Gasteiger partial charge in [-0.25, -0.2) is 9.78 Å². The number of benzene rings is 2. The minimum Gasteiger partial charge on any atom is -0.507 e. The van der Waals surface area contributed by atoms with Gasteiger partial charge in [-0.1, -0.05) is 35.6 Å². The minimum atomic E-state index is -0.945. The van der Waals surface area contributed by atoms with Gasteiger partial charge in [0.25, 0.3) is 5.78 Å². The Balaban J connectivity index is 1.93. The van der Waals surface area contributed by atoms with Crippen LogP contribution in [0.4, 0.5) is 5.13 Å². The SMILES string of the molecule is COC(=O)c1sc(N2C(=O)C(=O)/C(=C(/O)c3cccc(OC)c3)C2c2ccc(I)cc2)nc1C. The van der Waals surface area contributed by atoms with E-state index >= 15 is 0 Å². The molecule has 8 nitrogen and oxygen atoms in total. The maximum absolute atomic E-state index is 13.2. The van der Waals surface area contributed by atoms with Crippen LogP contribution in [0.1, 0.15) is 32.5 Å². The van der Waals surface area contributed by atoms with Crippen LogP contribution in [0.2, 0.25) is 0 Å². The third kappa shape index (κ3) is 4.18. The van der Waals surface area contributed by atoms with E-state index in [9.17, 15) is 19.5 Å². The van der Waals surface area contributed by atoms with Crippen molar-refractivity contribution in [3.63, 3.8) is 0 Å². The molecule has 0 spiro atoms. The van der Waals surface area contributed by atoms with Crippen LogP contribution >= 0.6 is 33.9 Å². The van der Waals surface area contributed by atoms with Crippen LogP contribution in [-0.2, 0) is 14.3 Å². The average molecular weight is 590 g/mol. The fourth-order valence-electron chi connectivity index (χ4n) is 3.68. The molecule has 1 N–H and O–H groups in total. The highest BCUT2D eigenvalue weighted by Gasteiger charge is 2.48. The quantitative estimate of drug-likeness (QED) is 0.154. The smallest absolute Gasteiger partial charge is 0.350 e. The lowest BCUT2D eigenvalue weighted by atomic mass is 9.95. The zero-order valence-corrected chi connectivity index (χ0v) is 21.3. The fourth-order valence-corrected chi connectivity index (χ4v) is 5.05. The first kappa shape index (κ1) is 23.9. The van der Waals surface area contributed by atoms with E-state index in [2.05, 4.69) is 27.6 Å². The Kier molecular flexibility index (Phi) is 6.71. The summed E-state index contributed by atoms with van der Waals surface area (Å²) < 4.78 is 11.0. The summed E-state index contributed by atoms with van der Waals surface area (Å²) in [6.45, 7) is 1.62. The molecule has 1 aliphatic rings. The van der Waals surface area contributed by atoms with E-state index in [-0.39, 0.29) is 21.3 Å². The number of carbonyl (C=O) groups is 3. The number of thiazole rings is 1. The Bertz CT molecular complexity index is 1330. The van der Waals surface area contributed by atoms with E-state index in [1.165, 1.54) is 19.1 Å². The second kappa shape index (κ2) is 9.55. The molecule has 1 aliphatic heterocycles. The summed E-state index contributed by atoms with van der Waals surface area (Å²) in [5.41, 5.74) is 1.24. The zero-order valence-electron chi connectivity index (χ0n) is 18.4. The highest BCUT2D eigenvalue weighted by molar-refractivity contribution is 14.1. The molecule has 1 aromatic heterocycles. The Hall–Kier alpha value is -3.25. The number of rotatable bonds is 5. The van der Waals surface area contributed by atoms with Crippen LogP contribution in [0.15, 0.2) is 54.1 Å². The minimum absolute atomic E-state index is 0.0769. The lowest BCUT2D eigenvalue weighted by molar-refractivity contribution is -0.132. The molecule has 1 saturated heterocycles. The van der Waals surface area contributed by atoms with Gasteiger partial charge in [-0.3, -0.25) is 14.5 Å². The first-order valence-electron chi connectivity index (χ1n) is 10.0. The normalized spacial score (nSPS) is 17.2. The summed E-state index contributed by atoms with van der Waals surface area (Å²) in [6.07, 6.45) is 0. The van der Waals surface area contributed by atoms with Gasteiger partial charge in [0, 0.05) is 9.13 Å². The van der Waals surface area contributed by atoms with Gasteiger partial charge in [0.15, 0.2) is 5.13 Å². The molecule has 4 rings (SSSR count). The van der Waals surface area contributed by atoms with Gasteiger partial charge in [-0.05, 0) is 59.3 Å². The van der Waals surface area contributed by atoms with Crippen molar-refractivity contribution in [2.45, 2.75) is 13.0 Å². The number of esters is 1. The van der Waals surface area contributed by atoms with E-state index in [1.54, 1.807) is 43.3 Å². The number of hydrogen-bond donors (Lipinski definition) is 1. The summed E-state index contributed by atoms with van der Waals surface area (Å²) in [4.78, 5) is 44.4. The topological polar surface area (TPSA) is 106 Å². The number of carbonyl (C=O) groups excluding carboxylic acids is 3. The molecule has 34 heavy (non-hydrogen) atoms. The molecular weight excluding hydrogens is 571 g/mol. The number of aromatic nitrogens is 1. The van der Waals surface area contributed by atoms with Crippen molar-refractivity contribution in [2.75, 3.05) is 19.1 Å². The van der Waals surface area contributed by atoms with Crippen LogP contribution in [-0.4, -0.2) is 42.0 Å². The molecule has 0 radical (unpaired) electrons. The number of amides is 1. The highest BCUT2D eigenvalue weighted by Crippen LogP contribution is 2.44. The number of hydrogen-bond acceptors (Lipinski definition) is 8. The number of aliphatic hydroxyl groups is 1. The van der Waals surface area contributed by atoms with E-state index in [1.807, 2.05) is 12.1 Å². The van der Waals surface area contributed by atoms with Gasteiger partial charge in [-0.2, -0.15) is 0 Å². The number of aliphatic hydroxyl groups excluding tert-OH is 1. The standard InChI is InChI=1S/C24H19IN2O6S/c1-12-21(23(31)33-3)34-24(26-12)27-18(13-7-9-15(25)10-8-13)17(20(29)22(27)30)19(28)14-5-4-6-16(11-14)32-2/h4-11,18,28H,1-3H3/b19-17+. The van der Waals surface area contributed by atoms with Crippen molar-refractivity contribution in [3.05, 3.63) is 79.4 Å². The first-order valence-corrected chi connectivity index (χ1v) is 11.9. The summed E-state index contributed by atoms with van der Waals surface area (Å²) in [5.74, 6) is -2.12. The number of anilines is 1. The van der Waals surface area contributed by atoms with Crippen LogP contribution in [0, 0.1) is 10.5 Å². The molecule has 1 amide bonds. The lowest BCUT2D eigenvalue weighted by Gasteiger charge is -2.23. The molecule has 2 aromatic carbocycles. The van der Waals surface area contributed by atoms with Crippen molar-refractivity contribution >= 4 is 62.5 Å². The molecule has 0 bridgehead atoms. The van der Waals surface area contributed by atoms with Gasteiger partial charge >= 0.3 is 11.9 Å². The van der Waals surface area contributed by atoms with Gasteiger partial charge in [0.05, 0.1) is 31.5 Å². The highest BCUT2D eigenvalue weighted by atomic mass is 127. The van der Waals surface area contributed by atoms with Crippen LogP contribution in [0.25, 0.3) is 5.76 Å². The second-order valence-corrected chi connectivity index (χ2v) is 9.58. The van der Waals surface area contributed by atoms with Crippen LogP contribution < -0.4 is 9.64 Å². The Morgan fingerprint density at radius 2 is 1.85 bits per heavy atom. The molecule has 10 heteroatoms. The predicted octanol–water partition coefficient (Wildman–Crippen LogP) is 4.48. The lowest BCUT2D eigenvalue weighted by Crippen LogP contribution is -2.29. The number of methoxy groups -OCH3 is 2. The third-order valence-electron chi connectivity index (χ3n) is 5.34. The van der Waals surface area contributed by atoms with Crippen LogP contribution in [0.5, 0.6) is 5.75 Å². The Morgan fingerprint density at radius 1 is 1.15 bits per heavy atom. The van der Waals surface area contributed by atoms with Crippen molar-refractivity contribution in [1.82, 2.24) is 4.98 Å². The number of aryl methyl sites for hydroxylation is 1. The largest absolute Gasteiger partial charge is 0.507 e. The molecule has 2 heterocycles. The summed E-state index contributed by atoms with van der Waals surface area (Å²) in [7, 11) is 2.75. The zero-order chi connectivity index (χ0) is 24.6. The molecule has 1 fully saturated rings. The predicted molar refractivity (Wildman–Crippen MR) is 135 cm³/mol. The molecule has 1 unspecified atom stereocenters. The van der Waals surface area contributed by atoms with Gasteiger partial charge in [0.2, 0.25) is 0 Å². The monoisotopic (exact) mass is 590 g/mol. The number of Topliss-reactive ketones (excluding diaryl/α,β-unsaturated/α-hetero) is 1. The molecule has 0 aliphatic carbocycles. The van der Waals surface area contributed by atoms with Crippen molar-refractivity contribution < 1.29 is 29.0 Å². The van der Waals surface area contributed by atoms with E-state index in [0.717, 1.165) is 14.9 Å². The van der Waals surface area contributed by atoms with Gasteiger partial charge < -0.3 is 14.6 Å². The second-order valence-electron chi connectivity index (χ2n) is 7.36. The maximum Gasteiger partial charge on any atom is 0.350 e. The van der Waals surface area contributed by atoms with E-state index in [4.69, 9.17) is 9.47 Å². The fraction of sp³-hybridized carbons (Fsp3) is 0.167. The number of halogens is 1. The first-order chi connectivity index (χ1) is 16.3. The van der Waals surface area contributed by atoms with E-state index < -0.39 is 23.7 Å². The number of ether oxygens (including phenoxy) is 2. The van der Waals surface area contributed by atoms with Crippen molar-refractivity contribution in [1.29, 1.82) is 0 Å². The summed E-state index contributed by atoms with van der Waals surface area (Å²) in [5, 5.41) is 11.4. The van der Waals surface area contributed by atoms with E-state index in [0.29, 0.717) is 22.6 Å². The average Bonchev–Trinajstić information content (AvgIpc) is 3.35. The molecule has 0 saturated carbocycles. The van der Waals surface area contributed by atoms with Gasteiger partial charge in [0.1, 0.15) is 16.4 Å². The number of nitrogens with zero attached hydrogens (tertiary/aromatic N) is 2. The summed E-state index contributed by atoms with van der Waals surface area (Å²) >= 11 is 3.11. The van der Waals surface area contributed by atoms with Crippen molar-refractivity contribution in [2.24, 2.45) is 0 Å². The molecule has 174 valence electrons. The summed E-state index contributed by atoms with van der Waals surface area (Å²) in [6, 6.07) is 12.9. The molecule has 1 atom stereocenters. The maximum atomic E-state index is 13.2.